The van der Waals surface area contributed by atoms with E-state index in [4.69, 9.17) is 27.9 Å². The number of alkyl halides is 2. The predicted molar refractivity (Wildman–Crippen MR) is 110 cm³/mol. The lowest BCUT2D eigenvalue weighted by Gasteiger charge is -2.31. The molecular formula is C20H17Cl2F2N3O4. The van der Waals surface area contributed by atoms with Crippen molar-refractivity contribution in [1.29, 1.82) is 0 Å². The van der Waals surface area contributed by atoms with Crippen molar-refractivity contribution >= 4 is 46.4 Å². The summed E-state index contributed by atoms with van der Waals surface area (Å²) >= 11 is 12.1. The van der Waals surface area contributed by atoms with Crippen molar-refractivity contribution in [2.45, 2.75) is 38.4 Å². The van der Waals surface area contributed by atoms with E-state index in [9.17, 15) is 18.4 Å². The second kappa shape index (κ2) is 8.84. The number of nitrogens with zero attached hydrogens (tertiary/aromatic N) is 1. The van der Waals surface area contributed by atoms with E-state index < -0.39 is 24.5 Å². The highest BCUT2D eigenvalue weighted by Crippen LogP contribution is 2.45. The van der Waals surface area contributed by atoms with E-state index in [0.29, 0.717) is 0 Å². The van der Waals surface area contributed by atoms with Crippen LogP contribution in [-0.4, -0.2) is 29.5 Å². The molecule has 0 spiro atoms. The average molecular weight is 472 g/mol. The average Bonchev–Trinajstić information content (AvgIpc) is 3.24. The maximum absolute atomic E-state index is 12.9. The SMILES string of the molecule is O=C(Nc1c(Cl)cncc1Cl)c1ccc(OC(F)F)c2c1NC(=O)C(C1CCCC1)O2. The van der Waals surface area contributed by atoms with Crippen molar-refractivity contribution in [3.05, 3.63) is 40.1 Å². The van der Waals surface area contributed by atoms with Crippen molar-refractivity contribution in [2.24, 2.45) is 5.92 Å². The third kappa shape index (κ3) is 4.38. The molecule has 31 heavy (non-hydrogen) atoms. The third-order valence-electron chi connectivity index (χ3n) is 5.25. The molecule has 164 valence electrons. The van der Waals surface area contributed by atoms with Crippen LogP contribution in [0.2, 0.25) is 10.0 Å². The molecule has 1 saturated carbocycles. The van der Waals surface area contributed by atoms with Gasteiger partial charge in [0.2, 0.25) is 0 Å². The summed E-state index contributed by atoms with van der Waals surface area (Å²) < 4.78 is 36.2. The minimum Gasteiger partial charge on any atom is -0.474 e. The van der Waals surface area contributed by atoms with Crippen LogP contribution in [0.4, 0.5) is 20.2 Å². The first-order valence-electron chi connectivity index (χ1n) is 9.55. The summed E-state index contributed by atoms with van der Waals surface area (Å²) in [6, 6.07) is 2.44. The van der Waals surface area contributed by atoms with Crippen LogP contribution in [0.15, 0.2) is 24.5 Å². The van der Waals surface area contributed by atoms with Crippen LogP contribution in [-0.2, 0) is 4.79 Å². The Balaban J connectivity index is 1.71. The van der Waals surface area contributed by atoms with Crippen LogP contribution < -0.4 is 20.1 Å². The zero-order valence-corrected chi connectivity index (χ0v) is 17.5. The number of carbonyl (C=O) groups is 2. The highest BCUT2D eigenvalue weighted by Gasteiger charge is 2.39. The molecule has 1 aromatic carbocycles. The van der Waals surface area contributed by atoms with Crippen LogP contribution in [0.1, 0.15) is 36.0 Å². The Morgan fingerprint density at radius 3 is 2.55 bits per heavy atom. The standard InChI is InChI=1S/C20H17Cl2F2N3O4/c21-11-7-25-8-12(22)15(11)27-18(28)10-5-6-13(30-20(23)24)17-14(10)26-19(29)16(31-17)9-3-1-2-4-9/h5-9,16,20H,1-4H2,(H,26,29)(H,25,27,28). The molecule has 4 rings (SSSR count). The van der Waals surface area contributed by atoms with Gasteiger partial charge in [-0.2, -0.15) is 8.78 Å². The van der Waals surface area contributed by atoms with E-state index in [1.54, 1.807) is 0 Å². The molecule has 1 aliphatic heterocycles. The minimum absolute atomic E-state index is 0.0289. The molecule has 7 nitrogen and oxygen atoms in total. The number of nitrogens with one attached hydrogen (secondary N) is 2. The number of carbonyl (C=O) groups excluding carboxylic acids is 2. The molecule has 2 aliphatic rings. The summed E-state index contributed by atoms with van der Waals surface area (Å²) in [4.78, 5) is 29.4. The fourth-order valence-corrected chi connectivity index (χ4v) is 4.30. The first-order valence-corrected chi connectivity index (χ1v) is 10.3. The number of ether oxygens (including phenoxy) is 2. The molecule has 1 aliphatic carbocycles. The monoisotopic (exact) mass is 471 g/mol. The highest BCUT2D eigenvalue weighted by atomic mass is 35.5. The molecule has 11 heteroatoms. The van der Waals surface area contributed by atoms with Gasteiger partial charge in [-0.25, -0.2) is 0 Å². The van der Waals surface area contributed by atoms with Crippen molar-refractivity contribution in [1.82, 2.24) is 4.98 Å². The molecule has 0 bridgehead atoms. The Morgan fingerprint density at radius 1 is 1.23 bits per heavy atom. The van der Waals surface area contributed by atoms with Gasteiger partial charge in [0.1, 0.15) is 5.69 Å². The van der Waals surface area contributed by atoms with Crippen LogP contribution in [0.3, 0.4) is 0 Å². The number of aromatic nitrogens is 1. The van der Waals surface area contributed by atoms with E-state index in [1.165, 1.54) is 24.5 Å². The maximum atomic E-state index is 12.9. The minimum atomic E-state index is -3.11. The van der Waals surface area contributed by atoms with Crippen molar-refractivity contribution in [3.63, 3.8) is 0 Å². The molecule has 1 unspecified atom stereocenters. The van der Waals surface area contributed by atoms with E-state index in [-0.39, 0.29) is 44.4 Å². The second-order valence-corrected chi connectivity index (χ2v) is 8.01. The number of amides is 2. The fourth-order valence-electron chi connectivity index (χ4n) is 3.84. The van der Waals surface area contributed by atoms with E-state index >= 15 is 0 Å². The molecule has 1 fully saturated rings. The number of benzene rings is 1. The van der Waals surface area contributed by atoms with E-state index in [0.717, 1.165) is 25.7 Å². The van der Waals surface area contributed by atoms with Gasteiger partial charge < -0.3 is 20.1 Å². The van der Waals surface area contributed by atoms with Gasteiger partial charge in [0.15, 0.2) is 17.6 Å². The zero-order chi connectivity index (χ0) is 22.1. The van der Waals surface area contributed by atoms with Gasteiger partial charge in [-0.05, 0) is 25.0 Å². The lowest BCUT2D eigenvalue weighted by molar-refractivity contribution is -0.126. The Labute approximate surface area is 186 Å². The first kappa shape index (κ1) is 21.6. The topological polar surface area (TPSA) is 89.5 Å². The third-order valence-corrected chi connectivity index (χ3v) is 5.83. The summed E-state index contributed by atoms with van der Waals surface area (Å²) in [5.41, 5.74) is 0.0341. The molecule has 2 heterocycles. The van der Waals surface area contributed by atoms with Gasteiger partial charge in [-0.15, -0.1) is 0 Å². The lowest BCUT2D eigenvalue weighted by atomic mass is 9.97. The highest BCUT2D eigenvalue weighted by molar-refractivity contribution is 6.39. The smallest absolute Gasteiger partial charge is 0.387 e. The number of fused-ring (bicyclic) bond motifs is 1. The number of pyridine rings is 1. The van der Waals surface area contributed by atoms with Crippen molar-refractivity contribution in [2.75, 3.05) is 10.6 Å². The number of halogens is 4. The Hall–Kier alpha value is -2.65. The molecule has 2 N–H and O–H groups in total. The fraction of sp³-hybridized carbons (Fsp3) is 0.350. The Kier molecular flexibility index (Phi) is 6.15. The van der Waals surface area contributed by atoms with Gasteiger partial charge in [0, 0.05) is 18.3 Å². The van der Waals surface area contributed by atoms with E-state index in [2.05, 4.69) is 20.4 Å². The lowest BCUT2D eigenvalue weighted by Crippen LogP contribution is -2.42. The number of hydrogen-bond donors (Lipinski definition) is 2. The summed E-state index contributed by atoms with van der Waals surface area (Å²) in [7, 11) is 0. The number of rotatable bonds is 5. The van der Waals surface area contributed by atoms with Gasteiger partial charge in [0.05, 0.1) is 21.3 Å². The van der Waals surface area contributed by atoms with Crippen molar-refractivity contribution < 1.29 is 27.8 Å². The second-order valence-electron chi connectivity index (χ2n) is 7.20. The molecule has 0 radical (unpaired) electrons. The van der Waals surface area contributed by atoms with Gasteiger partial charge >= 0.3 is 6.61 Å². The predicted octanol–water partition coefficient (Wildman–Crippen LogP) is 5.13. The largest absolute Gasteiger partial charge is 0.474 e. The van der Waals surface area contributed by atoms with Gasteiger partial charge in [-0.1, -0.05) is 36.0 Å². The quantitative estimate of drug-likeness (QED) is 0.630. The summed E-state index contributed by atoms with van der Waals surface area (Å²) in [6.07, 6.45) is 5.25. The molecule has 2 amide bonds. The van der Waals surface area contributed by atoms with Gasteiger partial charge in [-0.3, -0.25) is 14.6 Å². The molecule has 1 aromatic heterocycles. The van der Waals surface area contributed by atoms with Crippen LogP contribution in [0.25, 0.3) is 0 Å². The molecule has 0 saturated heterocycles. The van der Waals surface area contributed by atoms with E-state index in [1.807, 2.05) is 0 Å². The maximum Gasteiger partial charge on any atom is 0.387 e. The van der Waals surface area contributed by atoms with Crippen LogP contribution in [0.5, 0.6) is 11.5 Å². The Bertz CT molecular complexity index is 1010. The number of hydrogen-bond acceptors (Lipinski definition) is 5. The van der Waals surface area contributed by atoms with Gasteiger partial charge in [0.25, 0.3) is 11.8 Å². The summed E-state index contributed by atoms with van der Waals surface area (Å²) in [6.45, 7) is -3.11. The zero-order valence-electron chi connectivity index (χ0n) is 16.0. The molecule has 2 aromatic rings. The van der Waals surface area contributed by atoms with Crippen LogP contribution >= 0.6 is 23.2 Å². The summed E-state index contributed by atoms with van der Waals surface area (Å²) in [5, 5.41) is 5.40. The molecule has 1 atom stereocenters. The summed E-state index contributed by atoms with van der Waals surface area (Å²) in [5.74, 6) is -1.55. The number of anilines is 2. The molecular weight excluding hydrogens is 455 g/mol. The van der Waals surface area contributed by atoms with Crippen molar-refractivity contribution in [3.8, 4) is 11.5 Å². The normalized spacial score (nSPS) is 18.4. The Morgan fingerprint density at radius 2 is 1.90 bits per heavy atom. The van der Waals surface area contributed by atoms with Crippen LogP contribution in [0, 0.1) is 5.92 Å². The first-order chi connectivity index (χ1) is 14.8.